The Balaban J connectivity index is 0.000000154. The molecule has 0 bridgehead atoms. The largest absolute Gasteiger partial charge is 0.334 e. The first-order valence-electron chi connectivity index (χ1n) is 31.7. The van der Waals surface area contributed by atoms with Crippen LogP contribution in [0.1, 0.15) is 153 Å². The fourth-order valence-electron chi connectivity index (χ4n) is 12.7. The number of hydrogen-bond donors (Lipinski definition) is 6. The molecule has 12 rings (SSSR count). The summed E-state index contributed by atoms with van der Waals surface area (Å²) >= 11 is 12.0. The molecule has 3 saturated carbocycles. The lowest BCUT2D eigenvalue weighted by Gasteiger charge is -2.25. The van der Waals surface area contributed by atoms with E-state index in [1.54, 1.807) is 69.3 Å². The fourth-order valence-corrected chi connectivity index (χ4v) is 13.1. The maximum atomic E-state index is 12.9. The Morgan fingerprint density at radius 1 is 0.447 bits per heavy atom. The number of nitrogens with one attached hydrogen (secondary N) is 6. The van der Waals surface area contributed by atoms with Crippen LogP contribution in [0.25, 0.3) is 0 Å². The number of carbonyl (C=O) groups excluding carboxylic acids is 9. The summed E-state index contributed by atoms with van der Waals surface area (Å²) < 4.78 is 0. The Bertz CT molecular complexity index is 4030. The van der Waals surface area contributed by atoms with Gasteiger partial charge in [0.15, 0.2) is 17.3 Å². The molecule has 486 valence electrons. The van der Waals surface area contributed by atoms with Gasteiger partial charge in [0, 0.05) is 102 Å². The Morgan fingerprint density at radius 2 is 0.809 bits per heavy atom. The number of rotatable bonds is 12. The van der Waals surface area contributed by atoms with Crippen LogP contribution in [0.3, 0.4) is 0 Å². The summed E-state index contributed by atoms with van der Waals surface area (Å²) in [5.74, 6) is -0.0547. The molecule has 9 amide bonds. The second-order valence-electron chi connectivity index (χ2n) is 24.9. The fraction of sp³-hybridized carbons (Fsp3) is 0.311. The van der Waals surface area contributed by atoms with Crippen molar-refractivity contribution in [3.63, 3.8) is 0 Å². The summed E-state index contributed by atoms with van der Waals surface area (Å²) in [4.78, 5) is 118. The van der Waals surface area contributed by atoms with Crippen molar-refractivity contribution in [2.24, 2.45) is 0 Å². The van der Waals surface area contributed by atoms with Crippen LogP contribution < -0.4 is 31.9 Å². The van der Waals surface area contributed by atoms with Crippen LogP contribution in [0.2, 0.25) is 10.0 Å². The molecular weight excluding hydrogens is 1230 g/mol. The van der Waals surface area contributed by atoms with Crippen LogP contribution in [0, 0.1) is 13.8 Å². The third kappa shape index (κ3) is 16.9. The maximum absolute atomic E-state index is 12.9. The number of allylic oxidation sites excluding steroid dienone is 3. The smallest absolute Gasteiger partial charge is 0.319 e. The van der Waals surface area contributed by atoms with E-state index < -0.39 is 0 Å². The predicted octanol–water partition coefficient (Wildman–Crippen LogP) is 14.0. The molecule has 20 heteroatoms. The van der Waals surface area contributed by atoms with E-state index in [1.807, 2.05) is 80.6 Å². The molecule has 0 spiro atoms. The van der Waals surface area contributed by atoms with Crippen molar-refractivity contribution < 1.29 is 43.2 Å². The molecule has 0 saturated heterocycles. The Morgan fingerprint density at radius 3 is 1.18 bits per heavy atom. The number of carbonyl (C=O) groups is 9. The van der Waals surface area contributed by atoms with E-state index in [-0.39, 0.29) is 71.3 Å². The quantitative estimate of drug-likeness (QED) is 0.0504. The number of fused-ring (bicyclic) bond motifs is 3. The number of halogens is 2. The summed E-state index contributed by atoms with van der Waals surface area (Å²) in [7, 11) is 0. The highest BCUT2D eigenvalue weighted by Gasteiger charge is 2.40. The minimum atomic E-state index is -0.386. The van der Waals surface area contributed by atoms with Gasteiger partial charge in [-0.1, -0.05) is 126 Å². The molecule has 0 aromatic heterocycles. The Labute approximate surface area is 557 Å². The average Bonchev–Trinajstić information content (AvgIpc) is 1.67. The number of anilines is 3. The van der Waals surface area contributed by atoms with Gasteiger partial charge in [-0.05, 0) is 171 Å². The molecule has 18 nitrogen and oxygen atoms in total. The molecule has 6 aromatic rings. The van der Waals surface area contributed by atoms with E-state index in [1.165, 1.54) is 0 Å². The number of hydrogen-bond acceptors (Lipinski definition) is 9. The maximum Gasteiger partial charge on any atom is 0.319 e. The standard InChI is InChI=1S/C25H26ClN3O3.C25H27N3O3.C24H24ClN3O3/c1-15-4-3-5-22(23(30)10-15)29-14-18-11-17(7-9-20(18)24(29)31)13-27-25(32)28-19-8-6-16(2)21(26)12-19;1-16-6-9-20(10-7-16)27-25(31)26-14-18-8-11-21-19(13-18)15-28(24(21)30)22-5-3-4-17(2)12-23(22)29;1-15-4-2-7-21(22(29)10-15)28-14-17-11-16(8-9-20(17)23(28)30)13-26-24(31)27-19-6-3-5-18(25)12-19/h6-9,11-12,22H,1,3-5,10,13-14H2,2H3,(H2,27,28,32);6-11,13,22H,2-5,12,14-15H2,1H3,(H2,26,27,31);3,5-6,8-9,11-12,21H,1-2,4,7,10,13-14H2,(H2,26,27,31)/t2*22-;21-/m000/s1. The molecule has 3 aliphatic heterocycles. The Hall–Kier alpha value is -9.65. The first-order chi connectivity index (χ1) is 45.1. The van der Waals surface area contributed by atoms with Crippen molar-refractivity contribution in [3.05, 3.63) is 229 Å². The monoisotopic (exact) mass is 1310 g/mol. The lowest BCUT2D eigenvalue weighted by Crippen LogP contribution is -2.40. The molecule has 6 N–H and O–H groups in total. The number of nitrogens with zero attached hydrogens (tertiary/aromatic N) is 3. The molecule has 6 aliphatic rings. The summed E-state index contributed by atoms with van der Waals surface area (Å²) in [6.07, 6.45) is 8.22. The first kappa shape index (κ1) is 67.2. The summed E-state index contributed by atoms with van der Waals surface area (Å²) in [6.45, 7) is 18.0. The first-order valence-corrected chi connectivity index (χ1v) is 32.5. The minimum absolute atomic E-state index is 0.0724. The highest BCUT2D eigenvalue weighted by molar-refractivity contribution is 6.31. The molecule has 0 unspecified atom stereocenters. The molecule has 0 radical (unpaired) electrons. The SMILES string of the molecule is C=C1CCC[C@H](N2Cc3cc(CNC(=O)Nc4ccc(C)c(Cl)c4)ccc3C2=O)C(=O)C1.C=C1CCC[C@H](N2Cc3cc(CNC(=O)Nc4ccc(C)cc4)ccc3C2=O)C(=O)C1.C=C1CCC[C@H](N2Cc3cc(CNC(=O)Nc4cccc(Cl)c4)ccc3C2=O)C(=O)C1. The van der Waals surface area contributed by atoms with Crippen LogP contribution in [0.5, 0.6) is 0 Å². The molecule has 94 heavy (non-hydrogen) atoms. The normalized spacial score (nSPS) is 18.5. The highest BCUT2D eigenvalue weighted by atomic mass is 35.5. The average molecular weight is 1310 g/mol. The zero-order valence-corrected chi connectivity index (χ0v) is 54.4. The van der Waals surface area contributed by atoms with Crippen molar-refractivity contribution in [2.75, 3.05) is 16.0 Å². The lowest BCUT2D eigenvalue weighted by atomic mass is 10.1. The molecule has 3 atom stereocenters. The summed E-state index contributed by atoms with van der Waals surface area (Å²) in [6, 6.07) is 34.4. The molecule has 3 fully saturated rings. The van der Waals surface area contributed by atoms with Gasteiger partial charge >= 0.3 is 18.1 Å². The van der Waals surface area contributed by atoms with Gasteiger partial charge in [0.05, 0.1) is 18.1 Å². The number of ketones is 3. The van der Waals surface area contributed by atoms with Crippen LogP contribution in [0.15, 0.2) is 158 Å². The third-order valence-electron chi connectivity index (χ3n) is 17.7. The van der Waals surface area contributed by atoms with Crippen LogP contribution in [0.4, 0.5) is 31.4 Å². The number of amides is 9. The van der Waals surface area contributed by atoms with Gasteiger partial charge in [-0.25, -0.2) is 14.4 Å². The van der Waals surface area contributed by atoms with Crippen molar-refractivity contribution >= 4 is 93.4 Å². The van der Waals surface area contributed by atoms with Crippen molar-refractivity contribution in [1.82, 2.24) is 30.7 Å². The van der Waals surface area contributed by atoms with Crippen LogP contribution in [-0.4, -0.2) is 86.0 Å². The van der Waals surface area contributed by atoms with E-state index in [2.05, 4.69) is 51.6 Å². The van der Waals surface area contributed by atoms with Gasteiger partial charge < -0.3 is 46.6 Å². The van der Waals surface area contributed by atoms with Crippen molar-refractivity contribution in [2.45, 2.75) is 148 Å². The number of Topliss-reactive ketones (excluding diaryl/α,β-unsaturated/α-hetero) is 3. The van der Waals surface area contributed by atoms with E-state index in [9.17, 15) is 43.2 Å². The van der Waals surface area contributed by atoms with Gasteiger partial charge in [-0.2, -0.15) is 0 Å². The lowest BCUT2D eigenvalue weighted by molar-refractivity contribution is -0.123. The van der Waals surface area contributed by atoms with Gasteiger partial charge in [0.25, 0.3) is 17.7 Å². The van der Waals surface area contributed by atoms with Crippen LogP contribution >= 0.6 is 23.2 Å². The highest BCUT2D eigenvalue weighted by Crippen LogP contribution is 2.35. The van der Waals surface area contributed by atoms with Crippen LogP contribution in [-0.2, 0) is 53.7 Å². The summed E-state index contributed by atoms with van der Waals surface area (Å²) in [5, 5.41) is 17.9. The molecule has 3 heterocycles. The van der Waals surface area contributed by atoms with E-state index >= 15 is 0 Å². The molecular formula is C74H77Cl2N9O9. The summed E-state index contributed by atoms with van der Waals surface area (Å²) in [5.41, 5.74) is 14.1. The molecule has 3 aliphatic carbocycles. The number of benzene rings is 6. The van der Waals surface area contributed by atoms with E-state index in [0.717, 1.165) is 105 Å². The molecule has 6 aromatic carbocycles. The van der Waals surface area contributed by atoms with Gasteiger partial charge in [0.1, 0.15) is 0 Å². The number of aryl methyl sites for hydroxylation is 2. The second kappa shape index (κ2) is 30.4. The topological polar surface area (TPSA) is 236 Å². The zero-order chi connectivity index (χ0) is 66.7. The van der Waals surface area contributed by atoms with Gasteiger partial charge in [0.2, 0.25) is 0 Å². The van der Waals surface area contributed by atoms with E-state index in [0.29, 0.717) is 116 Å². The van der Waals surface area contributed by atoms with Crippen molar-refractivity contribution in [1.29, 1.82) is 0 Å². The van der Waals surface area contributed by atoms with Gasteiger partial charge in [-0.15, -0.1) is 0 Å². The third-order valence-corrected chi connectivity index (χ3v) is 18.4. The van der Waals surface area contributed by atoms with E-state index in [4.69, 9.17) is 23.2 Å². The predicted molar refractivity (Wildman–Crippen MR) is 365 cm³/mol. The Kier molecular flexibility index (Phi) is 21.8. The van der Waals surface area contributed by atoms with Gasteiger partial charge in [-0.3, -0.25) is 28.8 Å². The van der Waals surface area contributed by atoms with Crippen molar-refractivity contribution in [3.8, 4) is 0 Å². The zero-order valence-electron chi connectivity index (χ0n) is 52.9. The minimum Gasteiger partial charge on any atom is -0.334 e. The number of urea groups is 3. The second-order valence-corrected chi connectivity index (χ2v) is 25.8.